The number of ether oxygens (including phenoxy) is 1. The number of hydrogen-bond acceptors (Lipinski definition) is 10. The van der Waals surface area contributed by atoms with Crippen molar-refractivity contribution in [3.05, 3.63) is 24.3 Å². The third kappa shape index (κ3) is 9.55. The van der Waals surface area contributed by atoms with E-state index in [-0.39, 0.29) is 0 Å². The average Bonchev–Trinajstić information content (AvgIpc) is 3.45. The highest BCUT2D eigenvalue weighted by atomic mass is 16.5. The summed E-state index contributed by atoms with van der Waals surface area (Å²) in [7, 11) is 1.30. The highest BCUT2D eigenvalue weighted by Crippen LogP contribution is 2.10. The first-order valence-electron chi connectivity index (χ1n) is 13.7. The summed E-state index contributed by atoms with van der Waals surface area (Å²) in [5.74, 6) is -5.92. The molecule has 2 rings (SSSR count). The van der Waals surface area contributed by atoms with E-state index >= 15 is 0 Å². The van der Waals surface area contributed by atoms with Crippen LogP contribution in [0.25, 0.3) is 0 Å². The van der Waals surface area contributed by atoms with Crippen molar-refractivity contribution in [1.82, 2.24) is 36.4 Å². The molecule has 0 bridgehead atoms. The molecule has 5 atom stereocenters. The number of nitrogens with one attached hydrogen (secondary N) is 5. The van der Waals surface area contributed by atoms with Crippen LogP contribution in [0.5, 0.6) is 0 Å². The van der Waals surface area contributed by atoms with Gasteiger partial charge in [0.1, 0.15) is 18.2 Å². The normalized spacial score (nSPS) is 18.3. The van der Waals surface area contributed by atoms with Crippen molar-refractivity contribution in [2.24, 2.45) is 0 Å². The van der Waals surface area contributed by atoms with Crippen molar-refractivity contribution in [2.75, 3.05) is 7.11 Å². The van der Waals surface area contributed by atoms with Crippen molar-refractivity contribution < 1.29 is 47.9 Å². The van der Waals surface area contributed by atoms with Gasteiger partial charge in [-0.3, -0.25) is 53.0 Å². The van der Waals surface area contributed by atoms with Crippen LogP contribution < -0.4 is 26.6 Å². The quantitative estimate of drug-likeness (QED) is 0.0925. The van der Waals surface area contributed by atoms with Gasteiger partial charge in [0.25, 0.3) is 23.6 Å². The lowest BCUT2D eigenvalue weighted by atomic mass is 10.1. The fraction of sp³-hybridized carbons (Fsp3) is 0.519. The summed E-state index contributed by atoms with van der Waals surface area (Å²) < 4.78 is 4.98. The lowest BCUT2D eigenvalue weighted by Crippen LogP contribution is -2.55. The summed E-state index contributed by atoms with van der Waals surface area (Å²) in [6.45, 7) is 7.03. The van der Waals surface area contributed by atoms with Crippen molar-refractivity contribution in [1.29, 1.82) is 0 Å². The number of rotatable bonds is 15. The summed E-state index contributed by atoms with van der Waals surface area (Å²) in [5, 5.41) is 12.5. The second kappa shape index (κ2) is 15.5. The lowest BCUT2D eigenvalue weighted by molar-refractivity contribution is -0.145. The molecule has 9 amide bonds. The van der Waals surface area contributed by atoms with Gasteiger partial charge in [0.2, 0.25) is 29.5 Å². The first-order valence-corrected chi connectivity index (χ1v) is 13.7. The minimum absolute atomic E-state index is 0.400. The molecule has 2 aliphatic rings. The zero-order valence-electron chi connectivity index (χ0n) is 25.2. The molecular weight excluding hydrogens is 582 g/mol. The highest BCUT2D eigenvalue weighted by Gasteiger charge is 2.34. The van der Waals surface area contributed by atoms with E-state index in [1.165, 1.54) is 41.7 Å². The molecule has 0 spiro atoms. The van der Waals surface area contributed by atoms with E-state index in [1.54, 1.807) is 0 Å². The Morgan fingerprint density at radius 1 is 0.591 bits per heavy atom. The molecule has 0 aliphatic carbocycles. The Labute approximate surface area is 253 Å². The van der Waals surface area contributed by atoms with Crippen LogP contribution in [-0.2, 0) is 47.9 Å². The molecule has 2 heterocycles. The number of nitrogens with zero attached hydrogens (tertiary/aromatic N) is 2. The molecule has 0 aromatic heterocycles. The van der Waals surface area contributed by atoms with Gasteiger partial charge in [-0.2, -0.15) is 0 Å². The molecule has 0 aromatic rings. The second-order valence-corrected chi connectivity index (χ2v) is 10.2. The number of amides is 9. The SMILES string of the molecule is COC(C)C(=O)NC(CC(=O)NC(C)NC(=O)C(C)N1C(=O)C=CC1=O)CC(=O)NC(C)NC(=O)C(C)N1C(=O)C=CC1=O. The molecule has 5 unspecified atom stereocenters. The smallest absolute Gasteiger partial charge is 0.254 e. The van der Waals surface area contributed by atoms with Crippen LogP contribution in [0.1, 0.15) is 47.5 Å². The Kier molecular flexibility index (Phi) is 12.4. The number of carbonyl (C=O) groups excluding carboxylic acids is 9. The second-order valence-electron chi connectivity index (χ2n) is 10.2. The molecule has 0 saturated heterocycles. The highest BCUT2D eigenvalue weighted by molar-refractivity contribution is 6.15. The van der Waals surface area contributed by atoms with Gasteiger partial charge in [0.05, 0.1) is 12.3 Å². The molecule has 240 valence electrons. The summed E-state index contributed by atoms with van der Waals surface area (Å²) in [5.41, 5.74) is 0. The maximum atomic E-state index is 12.8. The van der Waals surface area contributed by atoms with E-state index in [9.17, 15) is 43.2 Å². The van der Waals surface area contributed by atoms with E-state index in [2.05, 4.69) is 26.6 Å². The zero-order chi connectivity index (χ0) is 33.3. The summed E-state index contributed by atoms with van der Waals surface area (Å²) in [4.78, 5) is 112. The Morgan fingerprint density at radius 2 is 0.932 bits per heavy atom. The first-order chi connectivity index (χ1) is 20.5. The van der Waals surface area contributed by atoms with Crippen LogP contribution in [0.3, 0.4) is 0 Å². The maximum absolute atomic E-state index is 12.8. The van der Waals surface area contributed by atoms with Crippen LogP contribution in [-0.4, -0.2) is 107 Å². The molecule has 0 fully saturated rings. The van der Waals surface area contributed by atoms with Gasteiger partial charge in [-0.1, -0.05) is 0 Å². The number of methoxy groups -OCH3 is 1. The number of carbonyl (C=O) groups is 9. The minimum atomic E-state index is -1.14. The molecule has 0 radical (unpaired) electrons. The fourth-order valence-corrected chi connectivity index (χ4v) is 4.21. The molecule has 44 heavy (non-hydrogen) atoms. The van der Waals surface area contributed by atoms with E-state index in [1.807, 2.05) is 0 Å². The molecule has 17 heteroatoms. The minimum Gasteiger partial charge on any atom is -0.372 e. The van der Waals surface area contributed by atoms with Crippen LogP contribution in [0, 0.1) is 0 Å². The van der Waals surface area contributed by atoms with E-state index < -0.39 is 103 Å². The Balaban J connectivity index is 1.95. The van der Waals surface area contributed by atoms with Crippen molar-refractivity contribution in [2.45, 2.75) is 84.0 Å². The van der Waals surface area contributed by atoms with Crippen LogP contribution in [0.15, 0.2) is 24.3 Å². The van der Waals surface area contributed by atoms with Gasteiger partial charge >= 0.3 is 0 Å². The largest absolute Gasteiger partial charge is 0.372 e. The van der Waals surface area contributed by atoms with Crippen molar-refractivity contribution >= 4 is 53.2 Å². The molecule has 0 saturated carbocycles. The van der Waals surface area contributed by atoms with Gasteiger partial charge < -0.3 is 31.3 Å². The van der Waals surface area contributed by atoms with E-state index in [0.717, 1.165) is 34.1 Å². The molecular formula is C27H37N7O10. The maximum Gasteiger partial charge on any atom is 0.254 e. The molecule has 0 aromatic carbocycles. The summed E-state index contributed by atoms with van der Waals surface area (Å²) in [6.07, 6.45) is 0.544. The third-order valence-corrected chi connectivity index (χ3v) is 6.63. The van der Waals surface area contributed by atoms with Gasteiger partial charge in [0.15, 0.2) is 0 Å². The first kappa shape index (κ1) is 35.3. The van der Waals surface area contributed by atoms with Gasteiger partial charge in [-0.15, -0.1) is 0 Å². The monoisotopic (exact) mass is 619 g/mol. The van der Waals surface area contributed by atoms with Gasteiger partial charge in [0, 0.05) is 50.3 Å². The predicted octanol–water partition coefficient (Wildman–Crippen LogP) is -2.93. The van der Waals surface area contributed by atoms with Crippen LogP contribution in [0.2, 0.25) is 0 Å². The standard InChI is InChI=1S/C27H37N7O10/c1-13(33-21(37)7-8-22(33)38)25(41)30-16(4)28-19(35)11-18(32-27(43)15(3)44-6)12-20(36)29-17(5)31-26(42)14(2)34-23(39)9-10-24(34)40/h7-10,13-18H,11-12H2,1-6H3,(H,28,35)(H,29,36)(H,30,41)(H,31,42)(H,32,43). The Bertz CT molecular complexity index is 1160. The fourth-order valence-electron chi connectivity index (χ4n) is 4.21. The Hall–Kier alpha value is -4.93. The zero-order valence-corrected chi connectivity index (χ0v) is 25.2. The molecule has 2 aliphatic heterocycles. The van der Waals surface area contributed by atoms with Crippen molar-refractivity contribution in [3.63, 3.8) is 0 Å². The predicted molar refractivity (Wildman–Crippen MR) is 150 cm³/mol. The van der Waals surface area contributed by atoms with Gasteiger partial charge in [-0.25, -0.2) is 0 Å². The topological polar surface area (TPSA) is 229 Å². The van der Waals surface area contributed by atoms with Crippen LogP contribution >= 0.6 is 0 Å². The van der Waals surface area contributed by atoms with Crippen molar-refractivity contribution in [3.8, 4) is 0 Å². The van der Waals surface area contributed by atoms with E-state index in [0.29, 0.717) is 0 Å². The summed E-state index contributed by atoms with van der Waals surface area (Å²) in [6, 6.07) is -3.33. The van der Waals surface area contributed by atoms with E-state index in [4.69, 9.17) is 4.74 Å². The molecule has 17 nitrogen and oxygen atoms in total. The number of imide groups is 2. The van der Waals surface area contributed by atoms with Crippen LogP contribution in [0.4, 0.5) is 0 Å². The molecule has 5 N–H and O–H groups in total. The lowest BCUT2D eigenvalue weighted by Gasteiger charge is -2.26. The summed E-state index contributed by atoms with van der Waals surface area (Å²) >= 11 is 0. The van der Waals surface area contributed by atoms with Gasteiger partial charge in [-0.05, 0) is 34.6 Å². The number of hydrogen-bond donors (Lipinski definition) is 5. The Morgan fingerprint density at radius 3 is 1.25 bits per heavy atom. The third-order valence-electron chi connectivity index (χ3n) is 6.63. The average molecular weight is 620 g/mol.